The quantitative estimate of drug-likeness (QED) is 0.0716. The number of amides is 2. The molecule has 0 saturated carbocycles. The smallest absolute Gasteiger partial charge is 0.408 e. The predicted octanol–water partition coefficient (Wildman–Crippen LogP) is 6.76. The molecule has 14 nitrogen and oxygen atoms in total. The minimum atomic E-state index is -4.66. The lowest BCUT2D eigenvalue weighted by atomic mass is 10.1. The Balaban J connectivity index is 1.30. The number of aromatic nitrogens is 4. The Morgan fingerprint density at radius 1 is 0.929 bits per heavy atom. The molecule has 304 valence electrons. The summed E-state index contributed by atoms with van der Waals surface area (Å²) < 4.78 is 81.8. The molecule has 2 amide bonds. The molecule has 3 aromatic heterocycles. The molecule has 1 aliphatic heterocycles. The molecule has 56 heavy (non-hydrogen) atoms. The maximum Gasteiger partial charge on any atom is 0.408 e. The number of nitrogens with one attached hydrogen (secondary N) is 2. The standard InChI is InChI=1S/C38H47F4N7O7/c1-21(2)30(45-35(52)56-37(6,7)8)33(50)54-16-15-53-28-18-27-22(17-25(28)39)9-11-26(44-27)32-47-46-29-12-10-23(19-49(29)32)31(38(40,41)42)48-14-13-24(20-48)43-34(51)55-36(3,4)5/h9-12,17-19,21,24,30-31H,13-16,20H2,1-8H3,(H,43,51)(H,45,52)/t24-,30-,31+/m0/s1. The highest BCUT2D eigenvalue weighted by Crippen LogP contribution is 2.40. The van der Waals surface area contributed by atoms with Crippen LogP contribution in [0, 0.1) is 11.7 Å². The lowest BCUT2D eigenvalue weighted by Gasteiger charge is -2.30. The van der Waals surface area contributed by atoms with Crippen LogP contribution in [-0.4, -0.2) is 98.4 Å². The van der Waals surface area contributed by atoms with Crippen molar-refractivity contribution >= 4 is 34.7 Å². The minimum absolute atomic E-state index is 0.0457. The molecular weight excluding hydrogens is 742 g/mol. The molecule has 0 bridgehead atoms. The molecule has 2 N–H and O–H groups in total. The number of alkyl carbamates (subject to hydrolysis) is 2. The topological polar surface area (TPSA) is 159 Å². The molecule has 1 saturated heterocycles. The van der Waals surface area contributed by atoms with Gasteiger partial charge in [-0.2, -0.15) is 13.2 Å². The van der Waals surface area contributed by atoms with Gasteiger partial charge < -0.3 is 29.6 Å². The number of ether oxygens (including phenoxy) is 4. The predicted molar refractivity (Wildman–Crippen MR) is 196 cm³/mol. The maximum absolute atomic E-state index is 15.0. The zero-order chi connectivity index (χ0) is 41.2. The number of benzene rings is 1. The van der Waals surface area contributed by atoms with Crippen LogP contribution >= 0.6 is 0 Å². The highest BCUT2D eigenvalue weighted by atomic mass is 19.4. The highest BCUT2D eigenvalue weighted by Gasteiger charge is 2.47. The molecule has 5 rings (SSSR count). The Kier molecular flexibility index (Phi) is 12.3. The van der Waals surface area contributed by atoms with Gasteiger partial charge in [0, 0.05) is 36.8 Å². The number of carbonyl (C=O) groups excluding carboxylic acids is 3. The van der Waals surface area contributed by atoms with Gasteiger partial charge in [-0.05, 0) is 77.6 Å². The molecule has 0 spiro atoms. The third kappa shape index (κ3) is 10.7. The fraction of sp³-hybridized carbons (Fsp3) is 0.526. The van der Waals surface area contributed by atoms with E-state index in [1.54, 1.807) is 67.5 Å². The van der Waals surface area contributed by atoms with Crippen molar-refractivity contribution < 1.29 is 50.9 Å². The third-order valence-corrected chi connectivity index (χ3v) is 8.51. The van der Waals surface area contributed by atoms with Crippen LogP contribution in [-0.2, 0) is 19.0 Å². The fourth-order valence-electron chi connectivity index (χ4n) is 6.14. The number of fused-ring (bicyclic) bond motifs is 2. The van der Waals surface area contributed by atoms with Crippen molar-refractivity contribution in [3.8, 4) is 17.3 Å². The van der Waals surface area contributed by atoms with Crippen LogP contribution in [0.2, 0.25) is 0 Å². The number of hydrogen-bond acceptors (Lipinski definition) is 11. The molecule has 0 unspecified atom stereocenters. The average Bonchev–Trinajstić information content (AvgIpc) is 3.69. The van der Waals surface area contributed by atoms with Crippen molar-refractivity contribution in [3.63, 3.8) is 0 Å². The zero-order valence-corrected chi connectivity index (χ0v) is 32.5. The Morgan fingerprint density at radius 3 is 2.29 bits per heavy atom. The molecule has 4 aromatic rings. The van der Waals surface area contributed by atoms with Gasteiger partial charge in [-0.25, -0.2) is 23.8 Å². The number of rotatable bonds is 11. The first-order valence-electron chi connectivity index (χ1n) is 18.1. The van der Waals surface area contributed by atoms with Gasteiger partial charge in [0.1, 0.15) is 42.2 Å². The monoisotopic (exact) mass is 789 g/mol. The molecule has 4 heterocycles. The lowest BCUT2D eigenvalue weighted by molar-refractivity contribution is -0.184. The van der Waals surface area contributed by atoms with E-state index in [1.165, 1.54) is 39.8 Å². The van der Waals surface area contributed by atoms with E-state index in [-0.39, 0.29) is 60.7 Å². The summed E-state index contributed by atoms with van der Waals surface area (Å²) in [5.41, 5.74) is -0.772. The van der Waals surface area contributed by atoms with E-state index in [9.17, 15) is 27.6 Å². The van der Waals surface area contributed by atoms with E-state index in [0.29, 0.717) is 17.3 Å². The molecular formula is C38H47F4N7O7. The highest BCUT2D eigenvalue weighted by molar-refractivity contribution is 5.83. The number of hydrogen-bond donors (Lipinski definition) is 2. The van der Waals surface area contributed by atoms with Crippen molar-refractivity contribution in [1.29, 1.82) is 0 Å². The van der Waals surface area contributed by atoms with Gasteiger partial charge in [0.15, 0.2) is 23.0 Å². The van der Waals surface area contributed by atoms with E-state index >= 15 is 4.39 Å². The number of esters is 1. The molecule has 0 radical (unpaired) electrons. The van der Waals surface area contributed by atoms with Gasteiger partial charge in [0.2, 0.25) is 0 Å². The van der Waals surface area contributed by atoms with Crippen molar-refractivity contribution in [2.45, 2.75) is 97.3 Å². The fourth-order valence-corrected chi connectivity index (χ4v) is 6.14. The van der Waals surface area contributed by atoms with Gasteiger partial charge in [0.25, 0.3) is 0 Å². The molecule has 0 aliphatic carbocycles. The summed E-state index contributed by atoms with van der Waals surface area (Å²) in [6.45, 7) is 13.2. The van der Waals surface area contributed by atoms with Gasteiger partial charge in [0.05, 0.1) is 5.52 Å². The van der Waals surface area contributed by atoms with Crippen LogP contribution in [0.1, 0.15) is 73.4 Å². The van der Waals surface area contributed by atoms with Crippen molar-refractivity contribution in [1.82, 2.24) is 35.1 Å². The van der Waals surface area contributed by atoms with Gasteiger partial charge in [-0.15, -0.1) is 10.2 Å². The van der Waals surface area contributed by atoms with Crippen LogP contribution < -0.4 is 15.4 Å². The van der Waals surface area contributed by atoms with Crippen molar-refractivity contribution in [2.75, 3.05) is 26.3 Å². The maximum atomic E-state index is 15.0. The Bertz CT molecular complexity index is 2060. The summed E-state index contributed by atoms with van der Waals surface area (Å²) in [6.07, 6.45) is -4.51. The summed E-state index contributed by atoms with van der Waals surface area (Å²) in [4.78, 5) is 43.1. The summed E-state index contributed by atoms with van der Waals surface area (Å²) in [7, 11) is 0. The summed E-state index contributed by atoms with van der Waals surface area (Å²) >= 11 is 0. The van der Waals surface area contributed by atoms with Gasteiger partial charge in [-0.1, -0.05) is 26.0 Å². The van der Waals surface area contributed by atoms with Crippen molar-refractivity contribution in [3.05, 3.63) is 54.0 Å². The Hall–Kier alpha value is -5.26. The van der Waals surface area contributed by atoms with Crippen LogP contribution in [0.25, 0.3) is 28.1 Å². The molecule has 1 fully saturated rings. The molecule has 3 atom stereocenters. The van der Waals surface area contributed by atoms with Crippen LogP contribution in [0.15, 0.2) is 42.6 Å². The van der Waals surface area contributed by atoms with E-state index in [1.807, 2.05) is 0 Å². The Labute approximate surface area is 321 Å². The van der Waals surface area contributed by atoms with E-state index in [0.717, 1.165) is 0 Å². The van der Waals surface area contributed by atoms with Crippen LogP contribution in [0.5, 0.6) is 5.75 Å². The minimum Gasteiger partial charge on any atom is -0.487 e. The van der Waals surface area contributed by atoms with Gasteiger partial charge >= 0.3 is 24.3 Å². The summed E-state index contributed by atoms with van der Waals surface area (Å²) in [6, 6.07) is 4.96. The number of carbonyl (C=O) groups is 3. The zero-order valence-electron chi connectivity index (χ0n) is 32.5. The Morgan fingerprint density at radius 2 is 1.62 bits per heavy atom. The lowest BCUT2D eigenvalue weighted by Crippen LogP contribution is -2.47. The van der Waals surface area contributed by atoms with E-state index in [4.69, 9.17) is 18.9 Å². The molecule has 1 aromatic carbocycles. The second-order valence-corrected chi connectivity index (χ2v) is 15.8. The second-order valence-electron chi connectivity index (χ2n) is 15.8. The number of pyridine rings is 2. The normalized spacial score (nSPS) is 16.5. The first-order chi connectivity index (χ1) is 26.1. The number of likely N-dealkylation sites (tertiary alicyclic amines) is 1. The number of nitrogens with zero attached hydrogens (tertiary/aromatic N) is 5. The van der Waals surface area contributed by atoms with Gasteiger partial charge in [-0.3, -0.25) is 9.30 Å². The SMILES string of the molecule is CC(C)[C@H](NC(=O)OC(C)(C)C)C(=O)OCCOc1cc2nc(-c3nnc4ccc([C@@H](N5CC[C@H](NC(=O)OC(C)(C)C)C5)C(F)(F)F)cn34)ccc2cc1F. The largest absolute Gasteiger partial charge is 0.487 e. The van der Waals surface area contributed by atoms with Crippen LogP contribution in [0.3, 0.4) is 0 Å². The first-order valence-corrected chi connectivity index (χ1v) is 18.1. The second kappa shape index (κ2) is 16.5. The van der Waals surface area contributed by atoms with E-state index in [2.05, 4.69) is 25.8 Å². The third-order valence-electron chi connectivity index (χ3n) is 8.51. The van der Waals surface area contributed by atoms with Crippen molar-refractivity contribution in [2.24, 2.45) is 5.92 Å². The molecule has 18 heteroatoms. The molecule has 1 aliphatic rings. The summed E-state index contributed by atoms with van der Waals surface area (Å²) in [5, 5.41) is 13.9. The number of alkyl halides is 3. The first kappa shape index (κ1) is 41.9. The average molecular weight is 790 g/mol. The summed E-state index contributed by atoms with van der Waals surface area (Å²) in [5.74, 6) is -1.77. The van der Waals surface area contributed by atoms with E-state index < -0.39 is 59.5 Å². The van der Waals surface area contributed by atoms with Crippen LogP contribution in [0.4, 0.5) is 27.2 Å². The number of halogens is 4.